The Hall–Kier alpha value is -1.57. The van der Waals surface area contributed by atoms with Crippen LogP contribution in [0.3, 0.4) is 0 Å². The van der Waals surface area contributed by atoms with Crippen LogP contribution in [-0.2, 0) is 16.1 Å². The lowest BCUT2D eigenvalue weighted by atomic mass is 10.2. The maximum absolute atomic E-state index is 11.2. The van der Waals surface area contributed by atoms with Crippen molar-refractivity contribution >= 4 is 5.94 Å². The fraction of sp³-hybridized carbons (Fsp3) is 0.500. The second-order valence-corrected chi connectivity index (χ2v) is 4.90. The minimum absolute atomic E-state index is 0.0623. The molecular formula is C16H21NO2. The SMILES string of the molecule is CCCCOC1CCN(Cc2ccccc2)C1=C=O. The van der Waals surface area contributed by atoms with Gasteiger partial charge in [-0.05, 0) is 18.4 Å². The van der Waals surface area contributed by atoms with Gasteiger partial charge in [0.1, 0.15) is 17.7 Å². The van der Waals surface area contributed by atoms with Crippen LogP contribution in [0.4, 0.5) is 0 Å². The van der Waals surface area contributed by atoms with Gasteiger partial charge in [-0.15, -0.1) is 0 Å². The number of nitrogens with zero attached hydrogens (tertiary/aromatic N) is 1. The molecule has 19 heavy (non-hydrogen) atoms. The molecule has 3 nitrogen and oxygen atoms in total. The summed E-state index contributed by atoms with van der Waals surface area (Å²) in [6.45, 7) is 4.50. The summed E-state index contributed by atoms with van der Waals surface area (Å²) in [7, 11) is 0. The molecule has 0 bridgehead atoms. The zero-order chi connectivity index (χ0) is 13.5. The molecule has 0 radical (unpaired) electrons. The van der Waals surface area contributed by atoms with Crippen molar-refractivity contribution in [3.8, 4) is 0 Å². The number of carbonyl (C=O) groups excluding carboxylic acids is 1. The van der Waals surface area contributed by atoms with E-state index in [-0.39, 0.29) is 6.10 Å². The predicted octanol–water partition coefficient (Wildman–Crippen LogP) is 2.79. The molecule has 1 fully saturated rings. The molecule has 0 N–H and O–H groups in total. The minimum Gasteiger partial charge on any atom is -0.371 e. The minimum atomic E-state index is -0.0623. The number of unbranched alkanes of at least 4 members (excludes halogenated alkanes) is 1. The van der Waals surface area contributed by atoms with Gasteiger partial charge in [0.2, 0.25) is 0 Å². The summed E-state index contributed by atoms with van der Waals surface area (Å²) in [6.07, 6.45) is 2.98. The molecule has 1 heterocycles. The zero-order valence-electron chi connectivity index (χ0n) is 11.5. The lowest BCUT2D eigenvalue weighted by Gasteiger charge is -2.19. The van der Waals surface area contributed by atoms with Crippen LogP contribution < -0.4 is 0 Å². The van der Waals surface area contributed by atoms with Gasteiger partial charge in [-0.3, -0.25) is 0 Å². The summed E-state index contributed by atoms with van der Waals surface area (Å²) in [6, 6.07) is 10.2. The van der Waals surface area contributed by atoms with Crippen molar-refractivity contribution < 1.29 is 9.53 Å². The van der Waals surface area contributed by atoms with Gasteiger partial charge in [0.15, 0.2) is 0 Å². The van der Waals surface area contributed by atoms with E-state index < -0.39 is 0 Å². The third kappa shape index (κ3) is 3.69. The van der Waals surface area contributed by atoms with Crippen LogP contribution in [0.5, 0.6) is 0 Å². The van der Waals surface area contributed by atoms with Crippen LogP contribution in [0.2, 0.25) is 0 Å². The smallest absolute Gasteiger partial charge is 0.148 e. The predicted molar refractivity (Wildman–Crippen MR) is 75.3 cm³/mol. The van der Waals surface area contributed by atoms with Gasteiger partial charge in [0, 0.05) is 19.7 Å². The standard InChI is InChI=1S/C16H21NO2/c1-2-3-11-19-16-9-10-17(15(16)13-18)12-14-7-5-4-6-8-14/h4-8,16H,2-3,9-12H2,1H3. The Morgan fingerprint density at radius 3 is 2.84 bits per heavy atom. The number of hydrogen-bond acceptors (Lipinski definition) is 3. The number of ether oxygens (including phenoxy) is 1. The number of likely N-dealkylation sites (tertiary alicyclic amines) is 1. The fourth-order valence-corrected chi connectivity index (χ4v) is 2.36. The third-order valence-electron chi connectivity index (χ3n) is 3.44. The highest BCUT2D eigenvalue weighted by molar-refractivity contribution is 5.54. The van der Waals surface area contributed by atoms with E-state index in [1.807, 2.05) is 18.2 Å². The quantitative estimate of drug-likeness (QED) is 0.581. The van der Waals surface area contributed by atoms with E-state index >= 15 is 0 Å². The number of benzene rings is 1. The first-order chi connectivity index (χ1) is 9.35. The Morgan fingerprint density at radius 2 is 2.16 bits per heavy atom. The van der Waals surface area contributed by atoms with E-state index in [1.165, 1.54) is 5.56 Å². The van der Waals surface area contributed by atoms with Crippen LogP contribution in [-0.4, -0.2) is 30.1 Å². The van der Waals surface area contributed by atoms with Gasteiger partial charge in [0.05, 0.1) is 0 Å². The second-order valence-electron chi connectivity index (χ2n) is 4.90. The maximum Gasteiger partial charge on any atom is 0.148 e. The Morgan fingerprint density at radius 1 is 1.37 bits per heavy atom. The Bertz CT molecular complexity index is 437. The lowest BCUT2D eigenvalue weighted by molar-refractivity contribution is 0.0782. The summed E-state index contributed by atoms with van der Waals surface area (Å²) in [4.78, 5) is 13.2. The first-order valence-corrected chi connectivity index (χ1v) is 7.00. The average Bonchev–Trinajstić information content (AvgIpc) is 2.82. The summed E-state index contributed by atoms with van der Waals surface area (Å²) < 4.78 is 5.77. The topological polar surface area (TPSA) is 29.5 Å². The molecule has 2 rings (SSSR count). The molecule has 0 aliphatic carbocycles. The van der Waals surface area contributed by atoms with Crippen molar-refractivity contribution in [3.05, 3.63) is 41.6 Å². The Balaban J connectivity index is 1.94. The summed E-state index contributed by atoms with van der Waals surface area (Å²) >= 11 is 0. The highest BCUT2D eigenvalue weighted by Gasteiger charge is 2.29. The molecule has 1 aromatic carbocycles. The molecule has 0 spiro atoms. The summed E-state index contributed by atoms with van der Waals surface area (Å²) in [5.41, 5.74) is 1.89. The van der Waals surface area contributed by atoms with Crippen molar-refractivity contribution in [2.75, 3.05) is 13.2 Å². The van der Waals surface area contributed by atoms with Gasteiger partial charge in [-0.1, -0.05) is 43.7 Å². The van der Waals surface area contributed by atoms with Crippen LogP contribution in [0, 0.1) is 0 Å². The van der Waals surface area contributed by atoms with Gasteiger partial charge >= 0.3 is 0 Å². The molecule has 1 aromatic rings. The molecule has 1 aliphatic rings. The Labute approximate surface area is 114 Å². The molecule has 102 valence electrons. The van der Waals surface area contributed by atoms with Crippen molar-refractivity contribution in [1.29, 1.82) is 0 Å². The van der Waals surface area contributed by atoms with Gasteiger partial charge in [-0.2, -0.15) is 0 Å². The molecule has 0 aromatic heterocycles. The zero-order valence-corrected chi connectivity index (χ0v) is 11.5. The maximum atomic E-state index is 11.2. The second kappa shape index (κ2) is 7.13. The monoisotopic (exact) mass is 259 g/mol. The van der Waals surface area contributed by atoms with E-state index in [1.54, 1.807) is 0 Å². The largest absolute Gasteiger partial charge is 0.371 e. The molecule has 1 aliphatic heterocycles. The first kappa shape index (κ1) is 13.9. The first-order valence-electron chi connectivity index (χ1n) is 7.00. The van der Waals surface area contributed by atoms with E-state index in [9.17, 15) is 4.79 Å². The Kier molecular flexibility index (Phi) is 5.20. The molecule has 1 atom stereocenters. The van der Waals surface area contributed by atoms with Crippen molar-refractivity contribution in [2.45, 2.75) is 38.8 Å². The molecule has 1 unspecified atom stereocenters. The molecule has 3 heteroatoms. The summed E-state index contributed by atoms with van der Waals surface area (Å²) in [5.74, 6) is 2.08. The van der Waals surface area contributed by atoms with Crippen LogP contribution in [0.1, 0.15) is 31.7 Å². The normalized spacial score (nSPS) is 18.7. The lowest BCUT2D eigenvalue weighted by Crippen LogP contribution is -2.21. The molecule has 0 amide bonds. The van der Waals surface area contributed by atoms with Crippen molar-refractivity contribution in [2.24, 2.45) is 0 Å². The number of hydrogen-bond donors (Lipinski definition) is 0. The van der Waals surface area contributed by atoms with Crippen LogP contribution in [0.25, 0.3) is 0 Å². The van der Waals surface area contributed by atoms with Gasteiger partial charge < -0.3 is 9.64 Å². The highest BCUT2D eigenvalue weighted by Crippen LogP contribution is 2.24. The van der Waals surface area contributed by atoms with Crippen LogP contribution in [0.15, 0.2) is 36.0 Å². The molecule has 1 saturated heterocycles. The molecular weight excluding hydrogens is 238 g/mol. The van der Waals surface area contributed by atoms with Crippen molar-refractivity contribution in [3.63, 3.8) is 0 Å². The van der Waals surface area contributed by atoms with Gasteiger partial charge in [-0.25, -0.2) is 4.79 Å². The molecule has 0 saturated carbocycles. The van der Waals surface area contributed by atoms with E-state index in [4.69, 9.17) is 4.74 Å². The number of rotatable bonds is 6. The fourth-order valence-electron chi connectivity index (χ4n) is 2.36. The van der Waals surface area contributed by atoms with E-state index in [0.717, 1.165) is 39.0 Å². The van der Waals surface area contributed by atoms with E-state index in [2.05, 4.69) is 29.9 Å². The van der Waals surface area contributed by atoms with Crippen LogP contribution >= 0.6 is 0 Å². The average molecular weight is 259 g/mol. The highest BCUT2D eigenvalue weighted by atomic mass is 16.5. The van der Waals surface area contributed by atoms with Crippen molar-refractivity contribution in [1.82, 2.24) is 4.90 Å². The summed E-state index contributed by atoms with van der Waals surface area (Å²) in [5, 5.41) is 0. The third-order valence-corrected chi connectivity index (χ3v) is 3.44. The van der Waals surface area contributed by atoms with E-state index in [0.29, 0.717) is 5.70 Å². The van der Waals surface area contributed by atoms with Gasteiger partial charge in [0.25, 0.3) is 0 Å².